The van der Waals surface area contributed by atoms with Gasteiger partial charge in [-0.15, -0.1) is 0 Å². The van der Waals surface area contributed by atoms with Crippen LogP contribution in [-0.4, -0.2) is 0 Å². The second kappa shape index (κ2) is 6.46. The maximum Gasteiger partial charge on any atom is 0.162 e. The van der Waals surface area contributed by atoms with Crippen molar-refractivity contribution in [3.8, 4) is 0 Å². The van der Waals surface area contributed by atoms with E-state index in [1.165, 1.54) is 6.07 Å². The molecule has 0 heterocycles. The van der Waals surface area contributed by atoms with Gasteiger partial charge in [0.1, 0.15) is 0 Å². The quantitative estimate of drug-likeness (QED) is 0.486. The van der Waals surface area contributed by atoms with E-state index < -0.39 is 11.6 Å². The SMILES string of the molecule is Fc1cccc(CC(Br)c2cc(Br)cc(Br)c2)c1F. The average molecular weight is 455 g/mol. The van der Waals surface area contributed by atoms with E-state index in [0.29, 0.717) is 12.0 Å². The molecule has 0 aromatic heterocycles. The predicted molar refractivity (Wildman–Crippen MR) is 83.6 cm³/mol. The Morgan fingerprint density at radius 3 is 2.26 bits per heavy atom. The van der Waals surface area contributed by atoms with Crippen molar-refractivity contribution in [2.24, 2.45) is 0 Å². The Morgan fingerprint density at radius 1 is 1.00 bits per heavy atom. The molecule has 1 atom stereocenters. The van der Waals surface area contributed by atoms with Crippen LogP contribution in [-0.2, 0) is 6.42 Å². The summed E-state index contributed by atoms with van der Waals surface area (Å²) in [4.78, 5) is -0.0856. The van der Waals surface area contributed by atoms with E-state index in [4.69, 9.17) is 0 Å². The molecule has 0 N–H and O–H groups in total. The molecule has 100 valence electrons. The number of benzene rings is 2. The first-order valence-electron chi connectivity index (χ1n) is 5.50. The highest BCUT2D eigenvalue weighted by Gasteiger charge is 2.14. The van der Waals surface area contributed by atoms with E-state index in [2.05, 4.69) is 47.8 Å². The highest BCUT2D eigenvalue weighted by molar-refractivity contribution is 9.11. The monoisotopic (exact) mass is 452 g/mol. The molecule has 0 aliphatic rings. The van der Waals surface area contributed by atoms with E-state index >= 15 is 0 Å². The molecule has 0 bridgehead atoms. The molecule has 0 saturated carbocycles. The van der Waals surface area contributed by atoms with E-state index in [-0.39, 0.29) is 4.83 Å². The van der Waals surface area contributed by atoms with Gasteiger partial charge in [0.2, 0.25) is 0 Å². The Morgan fingerprint density at radius 2 is 1.63 bits per heavy atom. The molecule has 1 unspecified atom stereocenters. The maximum atomic E-state index is 13.6. The molecule has 0 saturated heterocycles. The summed E-state index contributed by atoms with van der Waals surface area (Å²) < 4.78 is 28.6. The van der Waals surface area contributed by atoms with Crippen LogP contribution < -0.4 is 0 Å². The van der Waals surface area contributed by atoms with Crippen molar-refractivity contribution in [1.82, 2.24) is 0 Å². The highest BCUT2D eigenvalue weighted by atomic mass is 79.9. The Labute approximate surface area is 135 Å². The van der Waals surface area contributed by atoms with Crippen LogP contribution in [0.15, 0.2) is 45.3 Å². The molecule has 5 heteroatoms. The van der Waals surface area contributed by atoms with E-state index in [0.717, 1.165) is 20.6 Å². The summed E-state index contributed by atoms with van der Waals surface area (Å²) in [6.45, 7) is 0. The molecule has 2 aromatic carbocycles. The first-order valence-corrected chi connectivity index (χ1v) is 8.00. The minimum atomic E-state index is -0.812. The van der Waals surface area contributed by atoms with Gasteiger partial charge in [0.05, 0.1) is 0 Å². The second-order valence-electron chi connectivity index (χ2n) is 4.09. The van der Waals surface area contributed by atoms with Crippen LogP contribution >= 0.6 is 47.8 Å². The fraction of sp³-hybridized carbons (Fsp3) is 0.143. The fourth-order valence-corrected chi connectivity index (χ4v) is 3.72. The molecule has 2 aromatic rings. The van der Waals surface area contributed by atoms with Crippen molar-refractivity contribution in [3.05, 3.63) is 68.1 Å². The van der Waals surface area contributed by atoms with E-state index in [1.54, 1.807) is 6.07 Å². The van der Waals surface area contributed by atoms with Crippen LogP contribution in [0.2, 0.25) is 0 Å². The molecular weight excluding hydrogens is 446 g/mol. The van der Waals surface area contributed by atoms with Gasteiger partial charge in [0, 0.05) is 13.8 Å². The first-order chi connectivity index (χ1) is 8.97. The van der Waals surface area contributed by atoms with Crippen LogP contribution in [0.5, 0.6) is 0 Å². The van der Waals surface area contributed by atoms with Gasteiger partial charge in [-0.05, 0) is 41.8 Å². The van der Waals surface area contributed by atoms with Gasteiger partial charge >= 0.3 is 0 Å². The van der Waals surface area contributed by atoms with Crippen molar-refractivity contribution >= 4 is 47.8 Å². The van der Waals surface area contributed by atoms with Gasteiger partial charge in [0.15, 0.2) is 11.6 Å². The summed E-state index contributed by atoms with van der Waals surface area (Å²) in [6, 6.07) is 10.1. The lowest BCUT2D eigenvalue weighted by Crippen LogP contribution is -2.00. The Hall–Kier alpha value is -0.260. The summed E-state index contributed by atoms with van der Waals surface area (Å²) in [5, 5.41) is 0. The molecule has 0 spiro atoms. The van der Waals surface area contributed by atoms with Gasteiger partial charge in [-0.3, -0.25) is 0 Å². The summed E-state index contributed by atoms with van der Waals surface area (Å²) in [5.41, 5.74) is 1.35. The topological polar surface area (TPSA) is 0 Å². The van der Waals surface area contributed by atoms with Crippen LogP contribution in [0, 0.1) is 11.6 Å². The lowest BCUT2D eigenvalue weighted by atomic mass is 10.0. The first kappa shape index (κ1) is 15.1. The summed E-state index contributed by atoms with van der Waals surface area (Å²) in [7, 11) is 0. The largest absolute Gasteiger partial charge is 0.204 e. The minimum absolute atomic E-state index is 0.0856. The highest BCUT2D eigenvalue weighted by Crippen LogP contribution is 2.32. The predicted octanol–water partition coefficient (Wildman–Crippen LogP) is 6.17. The number of hydrogen-bond acceptors (Lipinski definition) is 0. The fourth-order valence-electron chi connectivity index (χ4n) is 1.77. The molecule has 0 nitrogen and oxygen atoms in total. The Balaban J connectivity index is 2.25. The van der Waals surface area contributed by atoms with E-state index in [1.807, 2.05) is 18.2 Å². The lowest BCUT2D eigenvalue weighted by molar-refractivity contribution is 0.498. The summed E-state index contributed by atoms with van der Waals surface area (Å²) in [5.74, 6) is -1.59. The van der Waals surface area contributed by atoms with Crippen LogP contribution in [0.1, 0.15) is 16.0 Å². The number of hydrogen-bond donors (Lipinski definition) is 0. The standard InChI is InChI=1S/C14H9Br3F2/c15-10-4-9(5-11(16)7-10)12(17)6-8-2-1-3-13(18)14(8)19/h1-5,7,12H,6H2. The zero-order chi connectivity index (χ0) is 14.0. The lowest BCUT2D eigenvalue weighted by Gasteiger charge is -2.12. The number of rotatable bonds is 3. The van der Waals surface area contributed by atoms with Crippen LogP contribution in [0.4, 0.5) is 8.78 Å². The molecule has 0 aliphatic carbocycles. The van der Waals surface area contributed by atoms with E-state index in [9.17, 15) is 8.78 Å². The van der Waals surface area contributed by atoms with Crippen LogP contribution in [0.25, 0.3) is 0 Å². The number of alkyl halides is 1. The number of halogens is 5. The van der Waals surface area contributed by atoms with Gasteiger partial charge in [0.25, 0.3) is 0 Å². The molecule has 0 aliphatic heterocycles. The van der Waals surface area contributed by atoms with Gasteiger partial charge in [-0.2, -0.15) is 0 Å². The van der Waals surface area contributed by atoms with Crippen LogP contribution in [0.3, 0.4) is 0 Å². The normalized spacial score (nSPS) is 12.5. The zero-order valence-corrected chi connectivity index (χ0v) is 14.4. The van der Waals surface area contributed by atoms with Crippen molar-refractivity contribution < 1.29 is 8.78 Å². The zero-order valence-electron chi connectivity index (χ0n) is 9.64. The van der Waals surface area contributed by atoms with Crippen molar-refractivity contribution in [3.63, 3.8) is 0 Å². The van der Waals surface area contributed by atoms with Gasteiger partial charge < -0.3 is 0 Å². The molecule has 0 fully saturated rings. The third-order valence-corrected chi connectivity index (χ3v) is 4.45. The van der Waals surface area contributed by atoms with Crippen molar-refractivity contribution in [1.29, 1.82) is 0 Å². The minimum Gasteiger partial charge on any atom is -0.204 e. The van der Waals surface area contributed by atoms with Crippen molar-refractivity contribution in [2.45, 2.75) is 11.2 Å². The molecule has 0 radical (unpaired) electrons. The second-order valence-corrected chi connectivity index (χ2v) is 7.02. The third kappa shape index (κ3) is 3.86. The van der Waals surface area contributed by atoms with Gasteiger partial charge in [-0.1, -0.05) is 59.9 Å². The maximum absolute atomic E-state index is 13.6. The summed E-state index contributed by atoms with van der Waals surface area (Å²) >= 11 is 10.3. The average Bonchev–Trinajstić information content (AvgIpc) is 2.33. The molecular formula is C14H9Br3F2. The smallest absolute Gasteiger partial charge is 0.162 e. The molecule has 0 amide bonds. The summed E-state index contributed by atoms with van der Waals surface area (Å²) in [6.07, 6.45) is 0.381. The molecule has 2 rings (SSSR count). The Kier molecular flexibility index (Phi) is 5.15. The third-order valence-electron chi connectivity index (χ3n) is 2.68. The molecule has 19 heavy (non-hydrogen) atoms. The Bertz CT molecular complexity index is 579. The van der Waals surface area contributed by atoms with Gasteiger partial charge in [-0.25, -0.2) is 8.78 Å². The van der Waals surface area contributed by atoms with Crippen molar-refractivity contribution in [2.75, 3.05) is 0 Å².